The zero-order chi connectivity index (χ0) is 14.5. The van der Waals surface area contributed by atoms with Gasteiger partial charge in [0.1, 0.15) is 5.78 Å². The van der Waals surface area contributed by atoms with Crippen LogP contribution >= 0.6 is 0 Å². The van der Waals surface area contributed by atoms with E-state index in [1.165, 1.54) is 12.1 Å². The van der Waals surface area contributed by atoms with Gasteiger partial charge in [0.25, 0.3) is 5.69 Å². The maximum atomic E-state index is 11.9. The van der Waals surface area contributed by atoms with E-state index in [-0.39, 0.29) is 17.9 Å². The van der Waals surface area contributed by atoms with Crippen LogP contribution in [0, 0.1) is 10.1 Å². The zero-order valence-corrected chi connectivity index (χ0v) is 10.8. The van der Waals surface area contributed by atoms with Crippen molar-refractivity contribution in [1.82, 2.24) is 0 Å². The van der Waals surface area contributed by atoms with Crippen molar-refractivity contribution >= 4 is 17.2 Å². The number of benzene rings is 2. The van der Waals surface area contributed by atoms with Crippen LogP contribution in [-0.2, 0) is 17.6 Å². The summed E-state index contributed by atoms with van der Waals surface area (Å²) < 4.78 is 0. The van der Waals surface area contributed by atoms with Gasteiger partial charge in [-0.25, -0.2) is 0 Å². The fourth-order valence-electron chi connectivity index (χ4n) is 1.89. The molecule has 0 spiro atoms. The lowest BCUT2D eigenvalue weighted by atomic mass is 10.0. The molecule has 0 bridgehead atoms. The summed E-state index contributed by atoms with van der Waals surface area (Å²) in [5, 5.41) is 10.5. The van der Waals surface area contributed by atoms with Crippen molar-refractivity contribution in [2.75, 3.05) is 5.73 Å². The van der Waals surface area contributed by atoms with E-state index in [0.29, 0.717) is 12.1 Å². The predicted molar refractivity (Wildman–Crippen MR) is 76.4 cm³/mol. The number of anilines is 1. The second kappa shape index (κ2) is 5.97. The topological polar surface area (TPSA) is 86.2 Å². The van der Waals surface area contributed by atoms with Crippen LogP contribution in [0.4, 0.5) is 11.4 Å². The Morgan fingerprint density at radius 3 is 1.85 bits per heavy atom. The number of nitrogens with two attached hydrogens (primary N) is 1. The van der Waals surface area contributed by atoms with E-state index < -0.39 is 4.92 Å². The van der Waals surface area contributed by atoms with Crippen LogP contribution in [0.15, 0.2) is 48.5 Å². The van der Waals surface area contributed by atoms with Gasteiger partial charge < -0.3 is 5.73 Å². The monoisotopic (exact) mass is 270 g/mol. The van der Waals surface area contributed by atoms with Gasteiger partial charge in [0.2, 0.25) is 0 Å². The first kappa shape index (κ1) is 13.7. The third-order valence-electron chi connectivity index (χ3n) is 2.93. The number of nitro groups is 1. The largest absolute Gasteiger partial charge is 0.399 e. The van der Waals surface area contributed by atoms with Crippen molar-refractivity contribution in [2.24, 2.45) is 0 Å². The number of non-ortho nitro benzene ring substituents is 1. The molecule has 0 amide bonds. The molecule has 2 aromatic rings. The Bertz CT molecular complexity index is 619. The number of hydrogen-bond donors (Lipinski definition) is 1. The predicted octanol–water partition coefficient (Wildman–Crippen LogP) is 2.53. The summed E-state index contributed by atoms with van der Waals surface area (Å²) in [6, 6.07) is 13.2. The Morgan fingerprint density at radius 2 is 1.40 bits per heavy atom. The molecule has 0 saturated carbocycles. The number of carbonyl (C=O) groups excluding carboxylic acids is 1. The number of carbonyl (C=O) groups is 1. The molecule has 5 nitrogen and oxygen atoms in total. The van der Waals surface area contributed by atoms with Crippen LogP contribution in [0.25, 0.3) is 0 Å². The molecule has 2 aromatic carbocycles. The van der Waals surface area contributed by atoms with Gasteiger partial charge in [-0.3, -0.25) is 14.9 Å². The normalized spacial score (nSPS) is 10.2. The van der Waals surface area contributed by atoms with Gasteiger partial charge in [-0.15, -0.1) is 0 Å². The molecule has 2 rings (SSSR count). The lowest BCUT2D eigenvalue weighted by molar-refractivity contribution is -0.384. The van der Waals surface area contributed by atoms with E-state index >= 15 is 0 Å². The molecule has 102 valence electrons. The molecule has 0 heterocycles. The zero-order valence-electron chi connectivity index (χ0n) is 10.8. The average molecular weight is 270 g/mol. The maximum absolute atomic E-state index is 11.9. The molecule has 2 N–H and O–H groups in total. The van der Waals surface area contributed by atoms with Crippen molar-refractivity contribution in [3.05, 3.63) is 69.8 Å². The minimum absolute atomic E-state index is 0.0275. The minimum atomic E-state index is -0.458. The number of rotatable bonds is 5. The number of nitrogens with zero attached hydrogens (tertiary/aromatic N) is 1. The number of ketones is 1. The molecule has 0 aliphatic heterocycles. The van der Waals surface area contributed by atoms with Gasteiger partial charge >= 0.3 is 0 Å². The van der Waals surface area contributed by atoms with Crippen molar-refractivity contribution in [2.45, 2.75) is 12.8 Å². The van der Waals surface area contributed by atoms with Crippen LogP contribution in [-0.4, -0.2) is 10.7 Å². The van der Waals surface area contributed by atoms with Gasteiger partial charge in [0.05, 0.1) is 4.92 Å². The van der Waals surface area contributed by atoms with Crippen molar-refractivity contribution in [3.8, 4) is 0 Å². The summed E-state index contributed by atoms with van der Waals surface area (Å²) in [6.45, 7) is 0. The number of hydrogen-bond acceptors (Lipinski definition) is 4. The highest BCUT2D eigenvalue weighted by Crippen LogP contribution is 2.13. The van der Waals surface area contributed by atoms with E-state index in [9.17, 15) is 14.9 Å². The molecule has 0 aliphatic rings. The molecule has 20 heavy (non-hydrogen) atoms. The molecule has 0 atom stereocenters. The van der Waals surface area contributed by atoms with Crippen LogP contribution in [0.2, 0.25) is 0 Å². The first-order valence-electron chi connectivity index (χ1n) is 6.14. The minimum Gasteiger partial charge on any atom is -0.399 e. The van der Waals surface area contributed by atoms with Crippen molar-refractivity contribution in [3.63, 3.8) is 0 Å². The molecule has 0 unspecified atom stereocenters. The van der Waals surface area contributed by atoms with Gasteiger partial charge in [0.15, 0.2) is 0 Å². The van der Waals surface area contributed by atoms with Gasteiger partial charge in [-0.2, -0.15) is 0 Å². The van der Waals surface area contributed by atoms with Crippen LogP contribution in [0.5, 0.6) is 0 Å². The Balaban J connectivity index is 1.97. The Kier molecular flexibility index (Phi) is 4.10. The molecule has 0 radical (unpaired) electrons. The Labute approximate surface area is 116 Å². The van der Waals surface area contributed by atoms with E-state index in [2.05, 4.69) is 0 Å². The maximum Gasteiger partial charge on any atom is 0.269 e. The third-order valence-corrected chi connectivity index (χ3v) is 2.93. The highest BCUT2D eigenvalue weighted by atomic mass is 16.6. The summed E-state index contributed by atoms with van der Waals surface area (Å²) in [5.74, 6) is 0.0589. The van der Waals surface area contributed by atoms with Crippen molar-refractivity contribution < 1.29 is 9.72 Å². The Morgan fingerprint density at radius 1 is 0.950 bits per heavy atom. The van der Waals surface area contributed by atoms with Gasteiger partial charge in [0, 0.05) is 30.7 Å². The van der Waals surface area contributed by atoms with E-state index in [1.807, 2.05) is 12.1 Å². The molecule has 0 aliphatic carbocycles. The fraction of sp³-hybridized carbons (Fsp3) is 0.133. The second-order valence-electron chi connectivity index (χ2n) is 4.56. The number of nitrogen functional groups attached to an aromatic ring is 1. The molecular weight excluding hydrogens is 256 g/mol. The van der Waals surface area contributed by atoms with Gasteiger partial charge in [-0.1, -0.05) is 24.3 Å². The summed E-state index contributed by atoms with van der Waals surface area (Å²) >= 11 is 0. The quantitative estimate of drug-likeness (QED) is 0.514. The molecule has 0 fully saturated rings. The first-order chi connectivity index (χ1) is 9.54. The highest BCUT2D eigenvalue weighted by molar-refractivity contribution is 5.83. The molecule has 0 aromatic heterocycles. The molecular formula is C15H14N2O3. The molecule has 0 saturated heterocycles. The van der Waals surface area contributed by atoms with Gasteiger partial charge in [-0.05, 0) is 23.3 Å². The Hall–Kier alpha value is -2.69. The average Bonchev–Trinajstić information content (AvgIpc) is 2.42. The van der Waals surface area contributed by atoms with Crippen LogP contribution < -0.4 is 5.73 Å². The standard InChI is InChI=1S/C15H14N2O3/c16-13-5-1-11(2-6-13)9-15(18)10-12-3-7-14(8-4-12)17(19)20/h1-8H,9-10,16H2. The number of nitro benzene ring substituents is 1. The summed E-state index contributed by atoms with van der Waals surface area (Å²) in [7, 11) is 0. The van der Waals surface area contributed by atoms with Crippen molar-refractivity contribution in [1.29, 1.82) is 0 Å². The molecule has 5 heteroatoms. The van der Waals surface area contributed by atoms with E-state index in [4.69, 9.17) is 5.73 Å². The fourth-order valence-corrected chi connectivity index (χ4v) is 1.89. The summed E-state index contributed by atoms with van der Waals surface area (Å²) in [5.41, 5.74) is 7.95. The summed E-state index contributed by atoms with van der Waals surface area (Å²) in [4.78, 5) is 22.0. The smallest absolute Gasteiger partial charge is 0.269 e. The number of Topliss-reactive ketones (excluding diaryl/α,β-unsaturated/α-hetero) is 1. The first-order valence-corrected chi connectivity index (χ1v) is 6.14. The second-order valence-corrected chi connectivity index (χ2v) is 4.56. The van der Waals surface area contributed by atoms with E-state index in [1.54, 1.807) is 24.3 Å². The lowest BCUT2D eigenvalue weighted by Gasteiger charge is -2.02. The lowest BCUT2D eigenvalue weighted by Crippen LogP contribution is -2.06. The highest BCUT2D eigenvalue weighted by Gasteiger charge is 2.08. The summed E-state index contributed by atoms with van der Waals surface area (Å²) in [6.07, 6.45) is 0.597. The van der Waals surface area contributed by atoms with Crippen LogP contribution in [0.1, 0.15) is 11.1 Å². The van der Waals surface area contributed by atoms with E-state index in [0.717, 1.165) is 11.1 Å². The van der Waals surface area contributed by atoms with Crippen LogP contribution in [0.3, 0.4) is 0 Å². The third kappa shape index (κ3) is 3.65. The SMILES string of the molecule is Nc1ccc(CC(=O)Cc2ccc([N+](=O)[O-])cc2)cc1.